The van der Waals surface area contributed by atoms with E-state index in [1.807, 2.05) is 24.3 Å². The zero-order chi connectivity index (χ0) is 16.1. The van der Waals surface area contributed by atoms with Gasteiger partial charge in [-0.15, -0.1) is 0 Å². The van der Waals surface area contributed by atoms with Crippen molar-refractivity contribution in [1.29, 1.82) is 5.26 Å². The Morgan fingerprint density at radius 1 is 1.23 bits per heavy atom. The van der Waals surface area contributed by atoms with Crippen LogP contribution in [0.3, 0.4) is 0 Å². The molecule has 22 heavy (non-hydrogen) atoms. The molecule has 0 unspecified atom stereocenters. The molecule has 2 rings (SSSR count). The van der Waals surface area contributed by atoms with Crippen molar-refractivity contribution in [1.82, 2.24) is 4.98 Å². The number of carbonyl (C=O) groups is 1. The van der Waals surface area contributed by atoms with Crippen LogP contribution in [-0.4, -0.2) is 17.9 Å². The standard InChI is InChI=1S/C18H16N2O2/c1-12-15(11-19)10-17(13(2)20-12)18(21)9-6-14-4-7-16(22-3)8-5-14/h4-10H,1-3H3/b9-6-. The molecule has 0 fully saturated rings. The van der Waals surface area contributed by atoms with Crippen LogP contribution in [0.5, 0.6) is 5.75 Å². The third-order valence-electron chi connectivity index (χ3n) is 3.33. The van der Waals surface area contributed by atoms with Gasteiger partial charge in [-0.1, -0.05) is 18.2 Å². The van der Waals surface area contributed by atoms with Crippen molar-refractivity contribution in [2.24, 2.45) is 0 Å². The number of hydrogen-bond donors (Lipinski definition) is 0. The molecule has 0 aliphatic rings. The van der Waals surface area contributed by atoms with Gasteiger partial charge in [0, 0.05) is 11.3 Å². The number of carbonyl (C=O) groups excluding carboxylic acids is 1. The lowest BCUT2D eigenvalue weighted by atomic mass is 10.0. The highest BCUT2D eigenvalue weighted by atomic mass is 16.5. The molecule has 0 aliphatic carbocycles. The molecule has 0 atom stereocenters. The fourth-order valence-corrected chi connectivity index (χ4v) is 2.06. The van der Waals surface area contributed by atoms with E-state index in [9.17, 15) is 4.79 Å². The van der Waals surface area contributed by atoms with Gasteiger partial charge in [-0.05, 0) is 43.7 Å². The minimum Gasteiger partial charge on any atom is -0.497 e. The first-order valence-electron chi connectivity index (χ1n) is 6.80. The van der Waals surface area contributed by atoms with Gasteiger partial charge in [-0.3, -0.25) is 9.78 Å². The number of aryl methyl sites for hydroxylation is 2. The first-order chi connectivity index (χ1) is 10.5. The van der Waals surface area contributed by atoms with Gasteiger partial charge in [0.25, 0.3) is 0 Å². The summed E-state index contributed by atoms with van der Waals surface area (Å²) in [6, 6.07) is 11.0. The van der Waals surface area contributed by atoms with Crippen molar-refractivity contribution < 1.29 is 9.53 Å². The second kappa shape index (κ2) is 6.68. The average Bonchev–Trinajstić information content (AvgIpc) is 2.53. The molecule has 0 radical (unpaired) electrons. The van der Waals surface area contributed by atoms with Crippen LogP contribution in [0.15, 0.2) is 36.4 Å². The largest absolute Gasteiger partial charge is 0.497 e. The highest BCUT2D eigenvalue weighted by molar-refractivity contribution is 6.07. The average molecular weight is 292 g/mol. The topological polar surface area (TPSA) is 63.0 Å². The molecule has 1 aromatic carbocycles. The van der Waals surface area contributed by atoms with Gasteiger partial charge in [-0.2, -0.15) is 5.26 Å². The Labute approximate surface area is 129 Å². The van der Waals surface area contributed by atoms with E-state index in [2.05, 4.69) is 11.1 Å². The van der Waals surface area contributed by atoms with Crippen molar-refractivity contribution >= 4 is 11.9 Å². The molecule has 4 nitrogen and oxygen atoms in total. The van der Waals surface area contributed by atoms with Crippen LogP contribution in [0.25, 0.3) is 6.08 Å². The minimum absolute atomic E-state index is 0.169. The lowest BCUT2D eigenvalue weighted by molar-refractivity contribution is 0.104. The van der Waals surface area contributed by atoms with Crippen LogP contribution in [0.2, 0.25) is 0 Å². The van der Waals surface area contributed by atoms with Crippen LogP contribution >= 0.6 is 0 Å². The van der Waals surface area contributed by atoms with Gasteiger partial charge in [0.2, 0.25) is 0 Å². The third kappa shape index (κ3) is 3.39. The first-order valence-corrected chi connectivity index (χ1v) is 6.80. The molecular formula is C18H16N2O2. The van der Waals surface area contributed by atoms with Gasteiger partial charge >= 0.3 is 0 Å². The molecule has 0 saturated carbocycles. The number of ketones is 1. The highest BCUT2D eigenvalue weighted by Gasteiger charge is 2.11. The summed E-state index contributed by atoms with van der Waals surface area (Å²) < 4.78 is 5.09. The summed E-state index contributed by atoms with van der Waals surface area (Å²) in [6.07, 6.45) is 3.22. The Morgan fingerprint density at radius 2 is 1.91 bits per heavy atom. The Balaban J connectivity index is 2.25. The van der Waals surface area contributed by atoms with Crippen LogP contribution in [-0.2, 0) is 0 Å². The van der Waals surface area contributed by atoms with Crippen LogP contribution in [0, 0.1) is 25.2 Å². The number of pyridine rings is 1. The number of hydrogen-bond acceptors (Lipinski definition) is 4. The van der Waals surface area contributed by atoms with E-state index < -0.39 is 0 Å². The summed E-state index contributed by atoms with van der Waals surface area (Å²) >= 11 is 0. The van der Waals surface area contributed by atoms with Crippen LogP contribution in [0.4, 0.5) is 0 Å². The van der Waals surface area contributed by atoms with Gasteiger partial charge < -0.3 is 4.74 Å². The first kappa shape index (κ1) is 15.5. The number of nitrogens with zero attached hydrogens (tertiary/aromatic N) is 2. The van der Waals surface area contributed by atoms with E-state index >= 15 is 0 Å². The van der Waals surface area contributed by atoms with Crippen molar-refractivity contribution in [2.45, 2.75) is 13.8 Å². The maximum absolute atomic E-state index is 12.3. The molecular weight excluding hydrogens is 276 g/mol. The molecule has 0 aliphatic heterocycles. The smallest absolute Gasteiger partial charge is 0.187 e. The Kier molecular flexibility index (Phi) is 4.70. The molecule has 1 aromatic heterocycles. The van der Waals surface area contributed by atoms with Crippen molar-refractivity contribution in [2.75, 3.05) is 7.11 Å². The highest BCUT2D eigenvalue weighted by Crippen LogP contribution is 2.15. The molecule has 0 amide bonds. The Morgan fingerprint density at radius 3 is 2.50 bits per heavy atom. The maximum Gasteiger partial charge on any atom is 0.187 e. The van der Waals surface area contributed by atoms with E-state index in [4.69, 9.17) is 10.00 Å². The third-order valence-corrected chi connectivity index (χ3v) is 3.33. The number of rotatable bonds is 4. The molecule has 0 spiro atoms. The predicted molar refractivity (Wildman–Crippen MR) is 84.8 cm³/mol. The molecule has 2 aromatic rings. The summed E-state index contributed by atoms with van der Waals surface area (Å²) in [4.78, 5) is 16.5. The molecule has 4 heteroatoms. The summed E-state index contributed by atoms with van der Waals surface area (Å²) in [5.41, 5.74) is 3.03. The molecule has 110 valence electrons. The van der Waals surface area contributed by atoms with Crippen molar-refractivity contribution in [3.8, 4) is 11.8 Å². The summed E-state index contributed by atoms with van der Waals surface area (Å²) in [6.45, 7) is 3.52. The number of benzene rings is 1. The molecule has 0 saturated heterocycles. The zero-order valence-electron chi connectivity index (χ0n) is 12.8. The fourth-order valence-electron chi connectivity index (χ4n) is 2.06. The SMILES string of the molecule is COc1ccc(/C=C\C(=O)c2cc(C#N)c(C)nc2C)cc1. The van der Waals surface area contributed by atoms with Crippen molar-refractivity contribution in [3.63, 3.8) is 0 Å². The Bertz CT molecular complexity index is 769. The number of aromatic nitrogens is 1. The molecule has 1 heterocycles. The Hall–Kier alpha value is -2.93. The summed E-state index contributed by atoms with van der Waals surface area (Å²) in [7, 11) is 1.61. The van der Waals surface area contributed by atoms with Crippen molar-refractivity contribution in [3.05, 3.63) is 64.5 Å². The second-order valence-corrected chi connectivity index (χ2v) is 4.84. The lowest BCUT2D eigenvalue weighted by Crippen LogP contribution is -2.03. The van der Waals surface area contributed by atoms with Gasteiger partial charge in [0.1, 0.15) is 11.8 Å². The summed E-state index contributed by atoms with van der Waals surface area (Å²) in [5.74, 6) is 0.595. The number of nitriles is 1. The van der Waals surface area contributed by atoms with Crippen LogP contribution in [0.1, 0.15) is 32.9 Å². The number of ether oxygens (including phenoxy) is 1. The monoisotopic (exact) mass is 292 g/mol. The zero-order valence-corrected chi connectivity index (χ0v) is 12.8. The maximum atomic E-state index is 12.3. The fraction of sp³-hybridized carbons (Fsp3) is 0.167. The van der Waals surface area contributed by atoms with E-state index in [1.54, 1.807) is 33.1 Å². The molecule has 0 bridgehead atoms. The van der Waals surface area contributed by atoms with E-state index in [-0.39, 0.29) is 5.78 Å². The van der Waals surface area contributed by atoms with E-state index in [0.29, 0.717) is 22.5 Å². The quantitative estimate of drug-likeness (QED) is 0.639. The van der Waals surface area contributed by atoms with E-state index in [1.165, 1.54) is 6.08 Å². The summed E-state index contributed by atoms with van der Waals surface area (Å²) in [5, 5.41) is 9.04. The number of allylic oxidation sites excluding steroid dienone is 1. The predicted octanol–water partition coefficient (Wildman–Crippen LogP) is 3.47. The molecule has 0 N–H and O–H groups in total. The van der Waals surface area contributed by atoms with Gasteiger partial charge in [0.05, 0.1) is 18.4 Å². The minimum atomic E-state index is -0.169. The lowest BCUT2D eigenvalue weighted by Gasteiger charge is -2.04. The van der Waals surface area contributed by atoms with Crippen LogP contribution < -0.4 is 4.74 Å². The van der Waals surface area contributed by atoms with Gasteiger partial charge in [-0.25, -0.2) is 0 Å². The second-order valence-electron chi connectivity index (χ2n) is 4.84. The number of methoxy groups -OCH3 is 1. The van der Waals surface area contributed by atoms with Gasteiger partial charge in [0.15, 0.2) is 5.78 Å². The van der Waals surface area contributed by atoms with E-state index in [0.717, 1.165) is 11.3 Å². The normalized spacial score (nSPS) is 10.5.